The first-order chi connectivity index (χ1) is 16.5. The number of nitrogens with zero attached hydrogens (tertiary/aromatic N) is 2. The molecule has 0 aliphatic carbocycles. The molecule has 3 aromatic carbocycles. The van der Waals surface area contributed by atoms with Gasteiger partial charge in [0.05, 0.1) is 12.7 Å². The monoisotopic (exact) mass is 456 g/mol. The Morgan fingerprint density at radius 2 is 1.68 bits per heavy atom. The van der Waals surface area contributed by atoms with Crippen molar-refractivity contribution in [2.24, 2.45) is 0 Å². The van der Waals surface area contributed by atoms with Gasteiger partial charge in [0.25, 0.3) is 0 Å². The van der Waals surface area contributed by atoms with E-state index in [2.05, 4.69) is 0 Å². The zero-order valence-electron chi connectivity index (χ0n) is 19.4. The van der Waals surface area contributed by atoms with Crippen LogP contribution in [0.1, 0.15) is 21.5 Å². The maximum Gasteiger partial charge on any atom is 0.338 e. The molecule has 34 heavy (non-hydrogen) atoms. The maximum absolute atomic E-state index is 12.8. The van der Waals surface area contributed by atoms with Gasteiger partial charge in [0.15, 0.2) is 0 Å². The molecule has 0 radical (unpaired) electrons. The van der Waals surface area contributed by atoms with Crippen LogP contribution in [0.15, 0.2) is 85.1 Å². The SMILES string of the molecule is COc1ccc(CCN(C)C(=O)Cn2ccc3cc(C(=O)OCc4ccccc4)ccc32)cc1. The summed E-state index contributed by atoms with van der Waals surface area (Å²) in [7, 11) is 3.46. The van der Waals surface area contributed by atoms with Crippen molar-refractivity contribution in [3.8, 4) is 5.75 Å². The number of carbonyl (C=O) groups excluding carboxylic acids is 2. The molecule has 1 aromatic heterocycles. The van der Waals surface area contributed by atoms with Crippen molar-refractivity contribution in [2.45, 2.75) is 19.6 Å². The highest BCUT2D eigenvalue weighted by Gasteiger charge is 2.14. The largest absolute Gasteiger partial charge is 0.497 e. The van der Waals surface area contributed by atoms with Crippen LogP contribution in [-0.4, -0.2) is 42.0 Å². The standard InChI is InChI=1S/C28H28N2O4/c1-29(16-14-21-8-11-25(33-2)12-9-21)27(31)19-30-17-15-23-18-24(10-13-26(23)30)28(32)34-20-22-6-4-3-5-7-22/h3-13,15,17-18H,14,16,19-20H2,1-2H3. The highest BCUT2D eigenvalue weighted by molar-refractivity contribution is 5.95. The van der Waals surface area contributed by atoms with Gasteiger partial charge in [-0.05, 0) is 53.9 Å². The van der Waals surface area contributed by atoms with E-state index in [1.165, 1.54) is 0 Å². The third kappa shape index (κ3) is 5.64. The van der Waals surface area contributed by atoms with Crippen LogP contribution < -0.4 is 4.74 Å². The third-order valence-electron chi connectivity index (χ3n) is 5.85. The highest BCUT2D eigenvalue weighted by Crippen LogP contribution is 2.19. The first-order valence-corrected chi connectivity index (χ1v) is 11.2. The van der Waals surface area contributed by atoms with Crippen LogP contribution in [0, 0.1) is 0 Å². The van der Waals surface area contributed by atoms with Gasteiger partial charge in [-0.15, -0.1) is 0 Å². The first kappa shape index (κ1) is 23.1. The lowest BCUT2D eigenvalue weighted by Gasteiger charge is -2.18. The highest BCUT2D eigenvalue weighted by atomic mass is 16.5. The minimum Gasteiger partial charge on any atom is -0.497 e. The summed E-state index contributed by atoms with van der Waals surface area (Å²) in [5.74, 6) is 0.477. The van der Waals surface area contributed by atoms with E-state index in [1.807, 2.05) is 84.5 Å². The molecule has 0 fully saturated rings. The van der Waals surface area contributed by atoms with Gasteiger partial charge in [0.2, 0.25) is 5.91 Å². The Hall–Kier alpha value is -4.06. The number of rotatable bonds is 9. The smallest absolute Gasteiger partial charge is 0.338 e. The Balaban J connectivity index is 1.34. The van der Waals surface area contributed by atoms with Gasteiger partial charge >= 0.3 is 5.97 Å². The van der Waals surface area contributed by atoms with Crippen molar-refractivity contribution in [3.05, 3.63) is 102 Å². The van der Waals surface area contributed by atoms with Crippen LogP contribution in [0.2, 0.25) is 0 Å². The number of ether oxygens (including phenoxy) is 2. The van der Waals surface area contributed by atoms with Crippen LogP contribution in [-0.2, 0) is 29.1 Å². The fourth-order valence-electron chi connectivity index (χ4n) is 3.75. The van der Waals surface area contributed by atoms with Crippen molar-refractivity contribution in [2.75, 3.05) is 20.7 Å². The second-order valence-electron chi connectivity index (χ2n) is 8.19. The number of fused-ring (bicyclic) bond motifs is 1. The van der Waals surface area contributed by atoms with E-state index in [0.29, 0.717) is 12.1 Å². The summed E-state index contributed by atoms with van der Waals surface area (Å²) >= 11 is 0. The van der Waals surface area contributed by atoms with Crippen molar-refractivity contribution >= 4 is 22.8 Å². The number of aromatic nitrogens is 1. The van der Waals surface area contributed by atoms with Crippen molar-refractivity contribution in [1.82, 2.24) is 9.47 Å². The number of amides is 1. The second-order valence-corrected chi connectivity index (χ2v) is 8.19. The molecule has 0 saturated carbocycles. The summed E-state index contributed by atoms with van der Waals surface area (Å²) in [6.45, 7) is 1.10. The van der Waals surface area contributed by atoms with Gasteiger partial charge in [-0.1, -0.05) is 42.5 Å². The van der Waals surface area contributed by atoms with Crippen molar-refractivity contribution in [1.29, 1.82) is 0 Å². The number of methoxy groups -OCH3 is 1. The summed E-state index contributed by atoms with van der Waals surface area (Å²) in [6, 6.07) is 24.8. The Morgan fingerprint density at radius 3 is 2.41 bits per heavy atom. The molecule has 0 aliphatic heterocycles. The molecule has 0 saturated heterocycles. The van der Waals surface area contributed by atoms with Gasteiger partial charge in [-0.2, -0.15) is 0 Å². The summed E-state index contributed by atoms with van der Waals surface area (Å²) in [5, 5.41) is 0.892. The number of benzene rings is 3. The van der Waals surface area contributed by atoms with Gasteiger partial charge in [0, 0.05) is 30.7 Å². The topological polar surface area (TPSA) is 60.8 Å². The number of hydrogen-bond acceptors (Lipinski definition) is 4. The molecule has 0 bridgehead atoms. The summed E-state index contributed by atoms with van der Waals surface area (Å²) < 4.78 is 12.5. The lowest BCUT2D eigenvalue weighted by molar-refractivity contribution is -0.130. The zero-order valence-corrected chi connectivity index (χ0v) is 19.4. The molecule has 0 unspecified atom stereocenters. The predicted molar refractivity (Wildman–Crippen MR) is 132 cm³/mol. The molecular formula is C28H28N2O4. The average molecular weight is 457 g/mol. The van der Waals surface area contributed by atoms with Crippen LogP contribution in [0.25, 0.3) is 10.9 Å². The van der Waals surface area contributed by atoms with E-state index in [-0.39, 0.29) is 25.0 Å². The Kier molecular flexibility index (Phi) is 7.28. The molecule has 1 heterocycles. The van der Waals surface area contributed by atoms with Crippen LogP contribution >= 0.6 is 0 Å². The molecule has 174 valence electrons. The quantitative estimate of drug-likeness (QED) is 0.342. The lowest BCUT2D eigenvalue weighted by Crippen LogP contribution is -2.31. The van der Waals surface area contributed by atoms with E-state index in [0.717, 1.165) is 34.2 Å². The van der Waals surface area contributed by atoms with Gasteiger partial charge < -0.3 is 18.9 Å². The van der Waals surface area contributed by atoms with E-state index < -0.39 is 0 Å². The van der Waals surface area contributed by atoms with Gasteiger partial charge in [-0.3, -0.25) is 4.79 Å². The first-order valence-electron chi connectivity index (χ1n) is 11.2. The molecule has 0 aliphatic rings. The Bertz CT molecular complexity index is 1260. The van der Waals surface area contributed by atoms with Crippen molar-refractivity contribution in [3.63, 3.8) is 0 Å². The summed E-state index contributed by atoms with van der Waals surface area (Å²) in [6.07, 6.45) is 2.64. The van der Waals surface area contributed by atoms with E-state index in [1.54, 1.807) is 24.1 Å². The van der Waals surface area contributed by atoms with Gasteiger partial charge in [-0.25, -0.2) is 4.79 Å². The lowest BCUT2D eigenvalue weighted by atomic mass is 10.1. The molecule has 0 atom stereocenters. The number of esters is 1. The molecule has 4 rings (SSSR count). The van der Waals surface area contributed by atoms with Crippen LogP contribution in [0.5, 0.6) is 5.75 Å². The normalized spacial score (nSPS) is 10.8. The van der Waals surface area contributed by atoms with E-state index in [9.17, 15) is 9.59 Å². The fraction of sp³-hybridized carbons (Fsp3) is 0.214. The predicted octanol–water partition coefficient (Wildman–Crippen LogP) is 4.71. The van der Waals surface area contributed by atoms with Crippen LogP contribution in [0.3, 0.4) is 0 Å². The zero-order chi connectivity index (χ0) is 23.9. The minimum atomic E-state index is -0.368. The third-order valence-corrected chi connectivity index (χ3v) is 5.85. The molecule has 0 N–H and O–H groups in total. The van der Waals surface area contributed by atoms with E-state index in [4.69, 9.17) is 9.47 Å². The molecule has 4 aromatic rings. The molecule has 0 spiro atoms. The van der Waals surface area contributed by atoms with E-state index >= 15 is 0 Å². The number of likely N-dealkylation sites (N-methyl/N-ethyl adjacent to an activating group) is 1. The minimum absolute atomic E-state index is 0.0253. The van der Waals surface area contributed by atoms with Gasteiger partial charge in [0.1, 0.15) is 18.9 Å². The summed E-state index contributed by atoms with van der Waals surface area (Å²) in [5.41, 5.74) is 3.48. The number of carbonyl (C=O) groups is 2. The molecule has 6 nitrogen and oxygen atoms in total. The maximum atomic E-state index is 12.8. The molecular weight excluding hydrogens is 428 g/mol. The number of hydrogen-bond donors (Lipinski definition) is 0. The molecule has 1 amide bonds. The Labute approximate surface area is 199 Å². The van der Waals surface area contributed by atoms with Crippen molar-refractivity contribution < 1.29 is 19.1 Å². The summed E-state index contributed by atoms with van der Waals surface area (Å²) in [4.78, 5) is 27.0. The second kappa shape index (κ2) is 10.7. The fourth-order valence-corrected chi connectivity index (χ4v) is 3.75. The Morgan fingerprint density at radius 1 is 0.912 bits per heavy atom. The average Bonchev–Trinajstić information content (AvgIpc) is 3.28. The molecule has 6 heteroatoms. The van der Waals surface area contributed by atoms with Crippen LogP contribution in [0.4, 0.5) is 0 Å².